The summed E-state index contributed by atoms with van der Waals surface area (Å²) >= 11 is 0. The number of rotatable bonds is 5. The van der Waals surface area contributed by atoms with E-state index in [-0.39, 0.29) is 12.0 Å². The van der Waals surface area contributed by atoms with Crippen molar-refractivity contribution in [2.75, 3.05) is 6.61 Å². The highest BCUT2D eigenvalue weighted by molar-refractivity contribution is 5.28. The number of hydrogen-bond acceptors (Lipinski definition) is 1. The molecule has 1 unspecified atom stereocenters. The van der Waals surface area contributed by atoms with Crippen LogP contribution in [0.15, 0.2) is 49.1 Å². The van der Waals surface area contributed by atoms with E-state index in [1.54, 1.807) is 0 Å². The van der Waals surface area contributed by atoms with Crippen molar-refractivity contribution in [2.45, 2.75) is 19.3 Å². The molecule has 0 aromatic rings. The summed E-state index contributed by atoms with van der Waals surface area (Å²) in [5.41, 5.74) is 1.18. The highest BCUT2D eigenvalue weighted by Gasteiger charge is 2.25. The van der Waals surface area contributed by atoms with Gasteiger partial charge in [0.2, 0.25) is 0 Å². The normalized spacial score (nSPS) is 25.6. The molecule has 0 radical (unpaired) electrons. The van der Waals surface area contributed by atoms with Crippen LogP contribution in [0.1, 0.15) is 19.3 Å². The van der Waals surface area contributed by atoms with Crippen LogP contribution in [0, 0.1) is 5.41 Å². The largest absolute Gasteiger partial charge is 0.395 e. The van der Waals surface area contributed by atoms with Gasteiger partial charge < -0.3 is 5.11 Å². The van der Waals surface area contributed by atoms with Crippen LogP contribution in [0.4, 0.5) is 0 Å². The van der Waals surface area contributed by atoms with Gasteiger partial charge in [-0.2, -0.15) is 0 Å². The molecule has 1 aliphatic carbocycles. The maximum Gasteiger partial charge on any atom is 0.0528 e. The molecule has 0 amide bonds. The van der Waals surface area contributed by atoms with Crippen molar-refractivity contribution in [3.8, 4) is 0 Å². The molecule has 0 fully saturated rings. The fourth-order valence-corrected chi connectivity index (χ4v) is 1.69. The molecular weight excluding hydrogens is 172 g/mol. The second-order valence-electron chi connectivity index (χ2n) is 3.82. The smallest absolute Gasteiger partial charge is 0.0528 e. The van der Waals surface area contributed by atoms with Crippen molar-refractivity contribution < 1.29 is 5.11 Å². The maximum absolute atomic E-state index is 9.34. The molecule has 0 saturated carbocycles. The second kappa shape index (κ2) is 4.97. The van der Waals surface area contributed by atoms with E-state index < -0.39 is 0 Å². The van der Waals surface area contributed by atoms with Crippen molar-refractivity contribution in [3.05, 3.63) is 49.1 Å². The minimum atomic E-state index is -0.105. The summed E-state index contributed by atoms with van der Waals surface area (Å²) in [6.45, 7) is 7.62. The van der Waals surface area contributed by atoms with Gasteiger partial charge in [0, 0.05) is 5.41 Å². The first kappa shape index (κ1) is 11.0. The van der Waals surface area contributed by atoms with Crippen LogP contribution in [0.2, 0.25) is 0 Å². The van der Waals surface area contributed by atoms with Crippen LogP contribution in [0.5, 0.6) is 0 Å². The van der Waals surface area contributed by atoms with Crippen molar-refractivity contribution in [3.63, 3.8) is 0 Å². The van der Waals surface area contributed by atoms with Crippen LogP contribution in [0.3, 0.4) is 0 Å². The lowest BCUT2D eigenvalue weighted by Crippen LogP contribution is -2.23. The van der Waals surface area contributed by atoms with Crippen LogP contribution in [0.25, 0.3) is 0 Å². The summed E-state index contributed by atoms with van der Waals surface area (Å²) < 4.78 is 0. The van der Waals surface area contributed by atoms with Gasteiger partial charge in [-0.05, 0) is 24.8 Å². The molecule has 14 heavy (non-hydrogen) atoms. The Labute approximate surface area is 86.1 Å². The molecule has 0 saturated heterocycles. The summed E-state index contributed by atoms with van der Waals surface area (Å²) in [6.07, 6.45) is 12.8. The Morgan fingerprint density at radius 2 is 2.21 bits per heavy atom. The number of aliphatic hydroxyl groups excluding tert-OH is 1. The zero-order chi connectivity index (χ0) is 10.4. The monoisotopic (exact) mass is 190 g/mol. The fourth-order valence-electron chi connectivity index (χ4n) is 1.69. The Morgan fingerprint density at radius 1 is 1.43 bits per heavy atom. The van der Waals surface area contributed by atoms with E-state index in [1.807, 2.05) is 12.2 Å². The lowest BCUT2D eigenvalue weighted by atomic mass is 9.78. The Morgan fingerprint density at radius 3 is 2.64 bits per heavy atom. The van der Waals surface area contributed by atoms with E-state index in [1.165, 1.54) is 5.57 Å². The van der Waals surface area contributed by atoms with Gasteiger partial charge in [0.15, 0.2) is 0 Å². The van der Waals surface area contributed by atoms with Crippen molar-refractivity contribution in [1.82, 2.24) is 0 Å². The average Bonchev–Trinajstić information content (AvgIpc) is 2.22. The Bertz CT molecular complexity index is 273. The third-order valence-electron chi connectivity index (χ3n) is 2.67. The lowest BCUT2D eigenvalue weighted by Gasteiger charge is -2.29. The van der Waals surface area contributed by atoms with E-state index >= 15 is 0 Å². The van der Waals surface area contributed by atoms with Gasteiger partial charge in [-0.3, -0.25) is 0 Å². The van der Waals surface area contributed by atoms with E-state index in [0.717, 1.165) is 19.3 Å². The predicted octanol–water partition coefficient (Wildman–Crippen LogP) is 3.00. The number of hydrogen-bond donors (Lipinski definition) is 1. The molecule has 0 aromatic heterocycles. The number of allylic oxidation sites excluding steroid dienone is 5. The molecule has 0 heterocycles. The van der Waals surface area contributed by atoms with Crippen molar-refractivity contribution >= 4 is 0 Å². The van der Waals surface area contributed by atoms with E-state index in [2.05, 4.69) is 31.4 Å². The SMILES string of the molecule is C=CCC1=CCC(CO)(CC=C)C=C1. The van der Waals surface area contributed by atoms with Crippen LogP contribution in [-0.4, -0.2) is 11.7 Å². The molecule has 1 nitrogen and oxygen atoms in total. The minimum Gasteiger partial charge on any atom is -0.395 e. The first-order valence-corrected chi connectivity index (χ1v) is 4.97. The van der Waals surface area contributed by atoms with Gasteiger partial charge in [0.25, 0.3) is 0 Å². The van der Waals surface area contributed by atoms with Gasteiger partial charge in [0.1, 0.15) is 0 Å². The van der Waals surface area contributed by atoms with Crippen molar-refractivity contribution in [2.24, 2.45) is 5.41 Å². The zero-order valence-electron chi connectivity index (χ0n) is 8.58. The molecule has 76 valence electrons. The molecular formula is C13H18O. The summed E-state index contributed by atoms with van der Waals surface area (Å²) in [5, 5.41) is 9.34. The molecule has 0 bridgehead atoms. The molecule has 0 spiro atoms. The lowest BCUT2D eigenvalue weighted by molar-refractivity contribution is 0.171. The molecule has 1 N–H and O–H groups in total. The average molecular weight is 190 g/mol. The highest BCUT2D eigenvalue weighted by atomic mass is 16.3. The summed E-state index contributed by atoms with van der Waals surface area (Å²) in [6, 6.07) is 0. The topological polar surface area (TPSA) is 20.2 Å². The standard InChI is InChI=1S/C13H18O/c1-3-5-12-6-9-13(11-14,8-4-2)10-7-12/h3-4,6-7,9,14H,1-2,5,8,10-11H2. The van der Waals surface area contributed by atoms with Crippen molar-refractivity contribution in [1.29, 1.82) is 0 Å². The van der Waals surface area contributed by atoms with Gasteiger partial charge in [-0.25, -0.2) is 0 Å². The molecule has 0 aromatic carbocycles. The first-order chi connectivity index (χ1) is 6.76. The molecule has 1 atom stereocenters. The first-order valence-electron chi connectivity index (χ1n) is 4.97. The second-order valence-corrected chi connectivity index (χ2v) is 3.82. The minimum absolute atomic E-state index is 0.105. The zero-order valence-corrected chi connectivity index (χ0v) is 8.58. The highest BCUT2D eigenvalue weighted by Crippen LogP contribution is 2.33. The Kier molecular flexibility index (Phi) is 3.90. The Balaban J connectivity index is 2.68. The molecule has 1 rings (SSSR count). The van der Waals surface area contributed by atoms with Gasteiger partial charge >= 0.3 is 0 Å². The maximum atomic E-state index is 9.34. The van der Waals surface area contributed by atoms with E-state index in [0.29, 0.717) is 0 Å². The summed E-state index contributed by atoms with van der Waals surface area (Å²) in [7, 11) is 0. The van der Waals surface area contributed by atoms with Crippen LogP contribution >= 0.6 is 0 Å². The summed E-state index contributed by atoms with van der Waals surface area (Å²) in [4.78, 5) is 0. The summed E-state index contributed by atoms with van der Waals surface area (Å²) in [5.74, 6) is 0. The third-order valence-corrected chi connectivity index (χ3v) is 2.67. The van der Waals surface area contributed by atoms with E-state index in [4.69, 9.17) is 0 Å². The predicted molar refractivity (Wildman–Crippen MR) is 61.0 cm³/mol. The molecule has 1 aliphatic rings. The Hall–Kier alpha value is -1.08. The van der Waals surface area contributed by atoms with Gasteiger partial charge in [0.05, 0.1) is 6.61 Å². The van der Waals surface area contributed by atoms with Crippen LogP contribution < -0.4 is 0 Å². The van der Waals surface area contributed by atoms with E-state index in [9.17, 15) is 5.11 Å². The quantitative estimate of drug-likeness (QED) is 0.661. The van der Waals surface area contributed by atoms with Crippen LogP contribution in [-0.2, 0) is 0 Å². The van der Waals surface area contributed by atoms with Gasteiger partial charge in [-0.1, -0.05) is 30.4 Å². The molecule has 0 aliphatic heterocycles. The van der Waals surface area contributed by atoms with Gasteiger partial charge in [-0.15, -0.1) is 13.2 Å². The fraction of sp³-hybridized carbons (Fsp3) is 0.385. The third kappa shape index (κ3) is 2.46. The molecule has 1 heteroatoms. The number of aliphatic hydroxyl groups is 1.